The Bertz CT molecular complexity index is 1050. The number of oxazole rings is 1. The third-order valence-electron chi connectivity index (χ3n) is 3.48. The molecule has 0 saturated carbocycles. The Morgan fingerprint density at radius 3 is 2.46 bits per heavy atom. The number of benzene rings is 2. The quantitative estimate of drug-likeness (QED) is 0.533. The van der Waals surface area contributed by atoms with Crippen LogP contribution in [0, 0.1) is 0 Å². The van der Waals surface area contributed by atoms with Crippen molar-refractivity contribution in [2.45, 2.75) is 4.90 Å². The molecule has 0 unspecified atom stereocenters. The maximum atomic E-state index is 12.2. The van der Waals surface area contributed by atoms with Crippen LogP contribution in [0.15, 0.2) is 82.6 Å². The first-order chi connectivity index (χ1) is 11.6. The second kappa shape index (κ2) is 5.54. The maximum Gasteiger partial charge on any atom is 0.339 e. The molecule has 2 aromatic carbocycles. The largest absolute Gasteiger partial charge is 0.432 e. The zero-order chi connectivity index (χ0) is 16.6. The molecule has 4 rings (SSSR count). The van der Waals surface area contributed by atoms with E-state index in [4.69, 9.17) is 8.60 Å². The molecule has 0 spiro atoms. The minimum absolute atomic E-state index is 0.114. The summed E-state index contributed by atoms with van der Waals surface area (Å²) in [6.07, 6.45) is 5.14. The summed E-state index contributed by atoms with van der Waals surface area (Å²) >= 11 is 0. The van der Waals surface area contributed by atoms with Crippen molar-refractivity contribution in [1.29, 1.82) is 0 Å². The van der Waals surface area contributed by atoms with E-state index in [1.54, 1.807) is 59.3 Å². The van der Waals surface area contributed by atoms with Crippen LogP contribution in [-0.4, -0.2) is 17.8 Å². The second-order valence-corrected chi connectivity index (χ2v) is 6.64. The normalized spacial score (nSPS) is 11.7. The van der Waals surface area contributed by atoms with Gasteiger partial charge in [-0.05, 0) is 36.4 Å². The van der Waals surface area contributed by atoms with Crippen molar-refractivity contribution in [2.75, 3.05) is 0 Å². The molecule has 0 atom stereocenters. The Morgan fingerprint density at radius 1 is 1.00 bits per heavy atom. The number of hydrogen-bond donors (Lipinski definition) is 0. The van der Waals surface area contributed by atoms with E-state index in [0.717, 1.165) is 11.3 Å². The Hall–Kier alpha value is -3.06. The molecule has 4 aromatic rings. The molecule has 0 amide bonds. The van der Waals surface area contributed by atoms with Crippen molar-refractivity contribution in [3.05, 3.63) is 73.3 Å². The topological polar surface area (TPSA) is 73.8 Å². The Balaban J connectivity index is 1.59. The number of aromatic nitrogens is 2. The highest BCUT2D eigenvalue weighted by Crippen LogP contribution is 2.24. The highest BCUT2D eigenvalue weighted by Gasteiger charge is 2.16. The van der Waals surface area contributed by atoms with Gasteiger partial charge in [0.2, 0.25) is 0 Å². The zero-order valence-corrected chi connectivity index (χ0v) is 13.2. The molecule has 6 nitrogen and oxygen atoms in total. The number of fused-ring (bicyclic) bond motifs is 1. The van der Waals surface area contributed by atoms with E-state index in [-0.39, 0.29) is 10.6 Å². The highest BCUT2D eigenvalue weighted by molar-refractivity contribution is 7.87. The number of imidazole rings is 1. The molecule has 0 saturated heterocycles. The second-order valence-electron chi connectivity index (χ2n) is 5.09. The molecule has 0 aliphatic carbocycles. The first-order valence-corrected chi connectivity index (χ1v) is 8.55. The van der Waals surface area contributed by atoms with Crippen LogP contribution in [0.3, 0.4) is 0 Å². The van der Waals surface area contributed by atoms with Crippen molar-refractivity contribution in [2.24, 2.45) is 0 Å². The summed E-state index contributed by atoms with van der Waals surface area (Å²) < 4.78 is 36.5. The molecule has 2 heterocycles. The number of hydrogen-bond acceptors (Lipinski definition) is 5. The fourth-order valence-electron chi connectivity index (χ4n) is 2.31. The van der Waals surface area contributed by atoms with Gasteiger partial charge in [0.05, 0.1) is 5.69 Å². The predicted octanol–water partition coefficient (Wildman–Crippen LogP) is 3.36. The SMILES string of the molecule is O=S(=O)(Oc1ccc(-c2cn3ccoc3n2)cc1)c1ccccc1. The average Bonchev–Trinajstić information content (AvgIpc) is 3.18. The van der Waals surface area contributed by atoms with Crippen LogP contribution in [0.1, 0.15) is 0 Å². The summed E-state index contributed by atoms with van der Waals surface area (Å²) in [6, 6.07) is 14.7. The van der Waals surface area contributed by atoms with Gasteiger partial charge in [-0.2, -0.15) is 13.4 Å². The summed E-state index contributed by atoms with van der Waals surface area (Å²) in [4.78, 5) is 4.45. The molecule has 24 heavy (non-hydrogen) atoms. The lowest BCUT2D eigenvalue weighted by atomic mass is 10.2. The van der Waals surface area contributed by atoms with Gasteiger partial charge in [-0.25, -0.2) is 0 Å². The smallest absolute Gasteiger partial charge is 0.339 e. The van der Waals surface area contributed by atoms with E-state index in [1.165, 1.54) is 12.1 Å². The van der Waals surface area contributed by atoms with Gasteiger partial charge in [-0.1, -0.05) is 18.2 Å². The van der Waals surface area contributed by atoms with Crippen LogP contribution in [0.25, 0.3) is 17.1 Å². The van der Waals surface area contributed by atoms with Crippen molar-refractivity contribution in [3.8, 4) is 17.0 Å². The van der Waals surface area contributed by atoms with Crippen molar-refractivity contribution < 1.29 is 17.0 Å². The molecule has 0 aliphatic rings. The van der Waals surface area contributed by atoms with Gasteiger partial charge in [-0.15, -0.1) is 0 Å². The summed E-state index contributed by atoms with van der Waals surface area (Å²) in [5.74, 6) is 0.738. The monoisotopic (exact) mass is 340 g/mol. The van der Waals surface area contributed by atoms with E-state index in [1.807, 2.05) is 6.20 Å². The van der Waals surface area contributed by atoms with Crippen LogP contribution in [0.5, 0.6) is 5.75 Å². The molecule has 0 aliphatic heterocycles. The maximum absolute atomic E-state index is 12.2. The molecule has 0 bridgehead atoms. The van der Waals surface area contributed by atoms with Gasteiger partial charge in [-0.3, -0.25) is 4.40 Å². The highest BCUT2D eigenvalue weighted by atomic mass is 32.2. The van der Waals surface area contributed by atoms with Gasteiger partial charge in [0.25, 0.3) is 0 Å². The fourth-order valence-corrected chi connectivity index (χ4v) is 3.26. The van der Waals surface area contributed by atoms with Crippen LogP contribution >= 0.6 is 0 Å². The lowest BCUT2D eigenvalue weighted by Crippen LogP contribution is -2.09. The molecule has 120 valence electrons. The van der Waals surface area contributed by atoms with E-state index in [9.17, 15) is 8.42 Å². The molecule has 7 heteroatoms. The van der Waals surface area contributed by atoms with Crippen LogP contribution in [0.4, 0.5) is 0 Å². The van der Waals surface area contributed by atoms with Crippen molar-refractivity contribution in [1.82, 2.24) is 9.38 Å². The van der Waals surface area contributed by atoms with Crippen LogP contribution in [-0.2, 0) is 10.1 Å². The van der Waals surface area contributed by atoms with Crippen molar-refractivity contribution in [3.63, 3.8) is 0 Å². The average molecular weight is 340 g/mol. The molecular weight excluding hydrogens is 328 g/mol. The Labute approximate surface area is 138 Å². The van der Waals surface area contributed by atoms with Crippen LogP contribution in [0.2, 0.25) is 0 Å². The van der Waals surface area contributed by atoms with Gasteiger partial charge in [0, 0.05) is 18.0 Å². The van der Waals surface area contributed by atoms with Gasteiger partial charge in [0.1, 0.15) is 16.9 Å². The minimum Gasteiger partial charge on any atom is -0.432 e. The lowest BCUT2D eigenvalue weighted by molar-refractivity contribution is 0.486. The zero-order valence-electron chi connectivity index (χ0n) is 12.4. The third-order valence-corrected chi connectivity index (χ3v) is 4.74. The first kappa shape index (κ1) is 14.5. The Kier molecular flexibility index (Phi) is 3.35. The van der Waals surface area contributed by atoms with Crippen LogP contribution < -0.4 is 4.18 Å². The fraction of sp³-hybridized carbons (Fsp3) is 0. The molecular formula is C17H12N2O4S. The first-order valence-electron chi connectivity index (χ1n) is 7.14. The van der Waals surface area contributed by atoms with Gasteiger partial charge < -0.3 is 8.60 Å². The van der Waals surface area contributed by atoms with E-state index >= 15 is 0 Å². The minimum atomic E-state index is -3.84. The number of rotatable bonds is 4. The van der Waals surface area contributed by atoms with E-state index < -0.39 is 10.1 Å². The summed E-state index contributed by atoms with van der Waals surface area (Å²) in [7, 11) is -3.84. The molecule has 0 radical (unpaired) electrons. The Morgan fingerprint density at radius 2 is 1.75 bits per heavy atom. The molecule has 0 fully saturated rings. The van der Waals surface area contributed by atoms with E-state index in [2.05, 4.69) is 4.98 Å². The van der Waals surface area contributed by atoms with E-state index in [0.29, 0.717) is 5.84 Å². The number of nitrogens with zero attached hydrogens (tertiary/aromatic N) is 2. The third kappa shape index (κ3) is 2.65. The van der Waals surface area contributed by atoms with Crippen molar-refractivity contribution >= 4 is 16.0 Å². The lowest BCUT2D eigenvalue weighted by Gasteiger charge is -2.07. The molecule has 2 aromatic heterocycles. The summed E-state index contributed by atoms with van der Waals surface area (Å²) in [5, 5.41) is 0. The predicted molar refractivity (Wildman–Crippen MR) is 87.1 cm³/mol. The molecule has 0 N–H and O–H groups in total. The van der Waals surface area contributed by atoms with Gasteiger partial charge in [0.15, 0.2) is 0 Å². The summed E-state index contributed by atoms with van der Waals surface area (Å²) in [5.41, 5.74) is 1.56. The standard InChI is InChI=1S/C17H12N2O4S/c20-24(21,15-4-2-1-3-5-15)23-14-8-6-13(7-9-14)16-12-19-10-11-22-17(19)18-16/h1-12H. The van der Waals surface area contributed by atoms with Gasteiger partial charge >= 0.3 is 16.0 Å². The summed E-state index contributed by atoms with van der Waals surface area (Å²) in [6.45, 7) is 0.